The topological polar surface area (TPSA) is 76.4 Å². The highest BCUT2D eigenvalue weighted by atomic mass is 19.4. The SMILES string of the molecule is CN=C(NCc1ccnc(OCC(F)(F)F)c1)NCc1ccccc1-n1nc(C)cc1C. The first-order valence-electron chi connectivity index (χ1n) is 9.96. The summed E-state index contributed by atoms with van der Waals surface area (Å²) in [5.74, 6) is 0.464. The molecule has 0 aliphatic carbocycles. The fraction of sp³-hybridized carbons (Fsp3) is 0.318. The quantitative estimate of drug-likeness (QED) is 0.428. The Labute approximate surface area is 184 Å². The lowest BCUT2D eigenvalue weighted by Crippen LogP contribution is -2.36. The van der Waals surface area contributed by atoms with E-state index in [1.165, 1.54) is 12.3 Å². The number of benzene rings is 1. The minimum absolute atomic E-state index is 0.0802. The van der Waals surface area contributed by atoms with E-state index in [0.29, 0.717) is 24.6 Å². The molecule has 0 bridgehead atoms. The van der Waals surface area contributed by atoms with Crippen LogP contribution in [0.3, 0.4) is 0 Å². The van der Waals surface area contributed by atoms with Gasteiger partial charge in [-0.05, 0) is 43.2 Å². The Balaban J connectivity index is 1.61. The lowest BCUT2D eigenvalue weighted by Gasteiger charge is -2.15. The molecular formula is C22H25F3N6O. The minimum Gasteiger partial charge on any atom is -0.468 e. The molecule has 2 aromatic heterocycles. The predicted octanol–water partition coefficient (Wildman–Crippen LogP) is 3.69. The highest BCUT2D eigenvalue weighted by Crippen LogP contribution is 2.18. The van der Waals surface area contributed by atoms with Crippen LogP contribution in [-0.4, -0.2) is 40.6 Å². The number of alkyl halides is 3. The maximum absolute atomic E-state index is 12.3. The number of ether oxygens (including phenoxy) is 1. The lowest BCUT2D eigenvalue weighted by molar-refractivity contribution is -0.154. The Morgan fingerprint density at radius 2 is 1.84 bits per heavy atom. The van der Waals surface area contributed by atoms with Gasteiger partial charge >= 0.3 is 6.18 Å². The van der Waals surface area contributed by atoms with Gasteiger partial charge in [-0.3, -0.25) is 4.99 Å². The number of nitrogens with zero attached hydrogens (tertiary/aromatic N) is 4. The second kappa shape index (κ2) is 10.2. The molecule has 0 aliphatic heterocycles. The average molecular weight is 446 g/mol. The molecule has 0 fully saturated rings. The molecule has 0 atom stereocenters. The van der Waals surface area contributed by atoms with Gasteiger partial charge < -0.3 is 15.4 Å². The molecule has 170 valence electrons. The van der Waals surface area contributed by atoms with E-state index in [9.17, 15) is 13.2 Å². The zero-order valence-electron chi connectivity index (χ0n) is 18.1. The van der Waals surface area contributed by atoms with Crippen molar-refractivity contribution < 1.29 is 17.9 Å². The van der Waals surface area contributed by atoms with Crippen LogP contribution in [0.15, 0.2) is 53.7 Å². The number of nitrogens with one attached hydrogen (secondary N) is 2. The van der Waals surface area contributed by atoms with Crippen LogP contribution in [0.2, 0.25) is 0 Å². The molecule has 0 saturated heterocycles. The zero-order valence-corrected chi connectivity index (χ0v) is 18.1. The first-order valence-corrected chi connectivity index (χ1v) is 9.96. The summed E-state index contributed by atoms with van der Waals surface area (Å²) in [6.07, 6.45) is -3.00. The Morgan fingerprint density at radius 3 is 2.53 bits per heavy atom. The molecule has 2 heterocycles. The van der Waals surface area contributed by atoms with Crippen LogP contribution in [0.1, 0.15) is 22.5 Å². The molecule has 0 aliphatic rings. The van der Waals surface area contributed by atoms with Crippen molar-refractivity contribution in [1.29, 1.82) is 0 Å². The standard InChI is InChI=1S/C22H25F3N6O/c1-15-10-16(2)31(30-15)19-7-5-4-6-18(19)13-29-21(26-3)28-12-17-8-9-27-20(11-17)32-14-22(23,24)25/h4-11H,12-14H2,1-3H3,(H2,26,28,29). The number of pyridine rings is 1. The molecule has 0 saturated carbocycles. The van der Waals surface area contributed by atoms with E-state index in [0.717, 1.165) is 22.6 Å². The first kappa shape index (κ1) is 23.1. The van der Waals surface area contributed by atoms with Gasteiger partial charge in [-0.2, -0.15) is 18.3 Å². The number of hydrogen-bond acceptors (Lipinski definition) is 4. The Morgan fingerprint density at radius 1 is 1.09 bits per heavy atom. The number of aryl methyl sites for hydroxylation is 2. The molecule has 32 heavy (non-hydrogen) atoms. The van der Waals surface area contributed by atoms with Gasteiger partial charge in [0.1, 0.15) is 0 Å². The molecule has 2 N–H and O–H groups in total. The molecule has 7 nitrogen and oxygen atoms in total. The summed E-state index contributed by atoms with van der Waals surface area (Å²) in [6.45, 7) is 3.42. The Bertz CT molecular complexity index is 1080. The highest BCUT2D eigenvalue weighted by Gasteiger charge is 2.28. The van der Waals surface area contributed by atoms with Crippen molar-refractivity contribution >= 4 is 5.96 Å². The second-order valence-corrected chi connectivity index (χ2v) is 7.15. The summed E-state index contributed by atoms with van der Waals surface area (Å²) in [6, 6.07) is 13.1. The molecule has 0 unspecified atom stereocenters. The number of rotatable bonds is 7. The van der Waals surface area contributed by atoms with E-state index in [2.05, 4.69) is 25.7 Å². The molecule has 0 spiro atoms. The molecular weight excluding hydrogens is 421 g/mol. The highest BCUT2D eigenvalue weighted by molar-refractivity contribution is 5.79. The maximum atomic E-state index is 12.3. The molecule has 3 aromatic rings. The summed E-state index contributed by atoms with van der Waals surface area (Å²) in [5.41, 5.74) is 4.70. The summed E-state index contributed by atoms with van der Waals surface area (Å²) in [7, 11) is 1.65. The van der Waals surface area contributed by atoms with Gasteiger partial charge in [-0.15, -0.1) is 0 Å². The summed E-state index contributed by atoms with van der Waals surface area (Å²) in [5, 5.41) is 11.0. The third-order valence-corrected chi connectivity index (χ3v) is 4.54. The van der Waals surface area contributed by atoms with E-state index >= 15 is 0 Å². The van der Waals surface area contributed by atoms with Crippen LogP contribution in [0.4, 0.5) is 13.2 Å². The number of para-hydroxylation sites is 1. The van der Waals surface area contributed by atoms with Gasteiger partial charge in [0.05, 0.1) is 11.4 Å². The average Bonchev–Trinajstić information content (AvgIpc) is 3.10. The maximum Gasteiger partial charge on any atom is 0.422 e. The summed E-state index contributed by atoms with van der Waals surface area (Å²) < 4.78 is 43.6. The second-order valence-electron chi connectivity index (χ2n) is 7.15. The van der Waals surface area contributed by atoms with E-state index in [-0.39, 0.29) is 5.88 Å². The van der Waals surface area contributed by atoms with Gasteiger partial charge in [0.15, 0.2) is 12.6 Å². The van der Waals surface area contributed by atoms with Crippen molar-refractivity contribution in [2.24, 2.45) is 4.99 Å². The Kier molecular flexibility index (Phi) is 7.34. The monoisotopic (exact) mass is 446 g/mol. The van der Waals surface area contributed by atoms with Gasteiger partial charge in [0.2, 0.25) is 5.88 Å². The van der Waals surface area contributed by atoms with Crippen molar-refractivity contribution in [3.63, 3.8) is 0 Å². The van der Waals surface area contributed by atoms with Crippen molar-refractivity contribution in [2.45, 2.75) is 33.1 Å². The molecule has 10 heteroatoms. The normalized spacial score (nSPS) is 12.0. The van der Waals surface area contributed by atoms with Crippen LogP contribution < -0.4 is 15.4 Å². The zero-order chi connectivity index (χ0) is 23.1. The van der Waals surface area contributed by atoms with Crippen LogP contribution in [0.25, 0.3) is 5.69 Å². The molecule has 1 aromatic carbocycles. The number of aromatic nitrogens is 3. The van der Waals surface area contributed by atoms with E-state index in [4.69, 9.17) is 4.74 Å². The predicted molar refractivity (Wildman–Crippen MR) is 116 cm³/mol. The third kappa shape index (κ3) is 6.47. The van der Waals surface area contributed by atoms with E-state index in [1.807, 2.05) is 48.9 Å². The van der Waals surface area contributed by atoms with Crippen molar-refractivity contribution in [2.75, 3.05) is 13.7 Å². The molecule has 0 radical (unpaired) electrons. The lowest BCUT2D eigenvalue weighted by atomic mass is 10.1. The fourth-order valence-corrected chi connectivity index (χ4v) is 3.12. The van der Waals surface area contributed by atoms with Crippen molar-refractivity contribution in [1.82, 2.24) is 25.4 Å². The van der Waals surface area contributed by atoms with Crippen LogP contribution in [-0.2, 0) is 13.1 Å². The summed E-state index contributed by atoms with van der Waals surface area (Å²) >= 11 is 0. The number of guanidine groups is 1. The van der Waals surface area contributed by atoms with Crippen LogP contribution in [0, 0.1) is 13.8 Å². The molecule has 3 rings (SSSR count). The Hall–Kier alpha value is -3.56. The fourth-order valence-electron chi connectivity index (χ4n) is 3.12. The van der Waals surface area contributed by atoms with Gasteiger partial charge in [-0.25, -0.2) is 9.67 Å². The van der Waals surface area contributed by atoms with Crippen LogP contribution in [0.5, 0.6) is 5.88 Å². The van der Waals surface area contributed by atoms with Gasteiger partial charge in [-0.1, -0.05) is 18.2 Å². The number of aliphatic imine (C=N–C) groups is 1. The van der Waals surface area contributed by atoms with Crippen LogP contribution >= 0.6 is 0 Å². The molecule has 0 amide bonds. The van der Waals surface area contributed by atoms with Crippen molar-refractivity contribution in [3.05, 3.63) is 71.2 Å². The van der Waals surface area contributed by atoms with Gasteiger partial charge in [0.25, 0.3) is 0 Å². The number of hydrogen-bond donors (Lipinski definition) is 2. The minimum atomic E-state index is -4.41. The first-order chi connectivity index (χ1) is 15.2. The van der Waals surface area contributed by atoms with E-state index in [1.54, 1.807) is 13.1 Å². The summed E-state index contributed by atoms with van der Waals surface area (Å²) in [4.78, 5) is 8.02. The number of halogens is 3. The van der Waals surface area contributed by atoms with Crippen molar-refractivity contribution in [3.8, 4) is 11.6 Å². The van der Waals surface area contributed by atoms with E-state index < -0.39 is 12.8 Å². The third-order valence-electron chi connectivity index (χ3n) is 4.54. The smallest absolute Gasteiger partial charge is 0.422 e. The largest absolute Gasteiger partial charge is 0.468 e. The van der Waals surface area contributed by atoms with Gasteiger partial charge in [0, 0.05) is 38.1 Å².